The Morgan fingerprint density at radius 2 is 1.84 bits per heavy atom. The summed E-state index contributed by atoms with van der Waals surface area (Å²) in [7, 11) is 1.52. The Labute approximate surface area is 185 Å². The molecule has 162 valence electrons. The van der Waals surface area contributed by atoms with E-state index in [1.165, 1.54) is 12.0 Å². The lowest BCUT2D eigenvalue weighted by Gasteiger charge is -2.25. The Hall–Kier alpha value is -4.13. The average Bonchev–Trinajstić information content (AvgIpc) is 3.10. The van der Waals surface area contributed by atoms with Crippen molar-refractivity contribution in [1.82, 2.24) is 4.98 Å². The predicted octanol–water partition coefficient (Wildman–Crippen LogP) is 4.12. The number of benzene rings is 2. The van der Waals surface area contributed by atoms with Gasteiger partial charge in [0.2, 0.25) is 0 Å². The smallest absolute Gasteiger partial charge is 0.300 e. The maximum absolute atomic E-state index is 13.2. The molecule has 0 spiro atoms. The molecule has 7 nitrogen and oxygen atoms in total. The molecule has 1 fully saturated rings. The Bertz CT molecular complexity index is 1190. The van der Waals surface area contributed by atoms with Crippen molar-refractivity contribution in [3.05, 3.63) is 89.8 Å². The molecule has 1 N–H and O–H groups in total. The molecule has 0 radical (unpaired) electrons. The fourth-order valence-corrected chi connectivity index (χ4v) is 3.77. The van der Waals surface area contributed by atoms with Gasteiger partial charge in [0.05, 0.1) is 25.3 Å². The molecule has 1 aliphatic rings. The van der Waals surface area contributed by atoms with E-state index in [-0.39, 0.29) is 11.3 Å². The zero-order valence-corrected chi connectivity index (χ0v) is 17.7. The van der Waals surface area contributed by atoms with E-state index in [1.54, 1.807) is 73.1 Å². The molecule has 1 unspecified atom stereocenters. The fourth-order valence-electron chi connectivity index (χ4n) is 3.77. The lowest BCUT2D eigenvalue weighted by Crippen LogP contribution is -2.29. The second kappa shape index (κ2) is 8.93. The first-order valence-corrected chi connectivity index (χ1v) is 10.1. The van der Waals surface area contributed by atoms with E-state index in [9.17, 15) is 14.7 Å². The SMILES string of the molecule is CCOc1cccc(/C(O)=C2\C(=O)C(=O)N(c3cccc(OC)c3)C2c2cccnc2)c1. The van der Waals surface area contributed by atoms with Crippen LogP contribution in [0.25, 0.3) is 5.76 Å². The van der Waals surface area contributed by atoms with E-state index in [0.29, 0.717) is 34.9 Å². The standard InChI is InChI=1S/C25H22N2O5/c1-3-32-20-11-4-7-16(13-20)23(28)21-22(17-8-6-12-26-15-17)27(25(30)24(21)29)18-9-5-10-19(14-18)31-2/h4-15,22,28H,3H2,1-2H3/b23-21+. The number of carbonyl (C=O) groups excluding carboxylic acids is 2. The molecule has 1 amide bonds. The summed E-state index contributed by atoms with van der Waals surface area (Å²) in [6.45, 7) is 2.31. The minimum Gasteiger partial charge on any atom is -0.507 e. The lowest BCUT2D eigenvalue weighted by atomic mass is 9.96. The fraction of sp³-hybridized carbons (Fsp3) is 0.160. The van der Waals surface area contributed by atoms with E-state index < -0.39 is 17.7 Å². The van der Waals surface area contributed by atoms with Crippen LogP contribution in [0.3, 0.4) is 0 Å². The van der Waals surface area contributed by atoms with Gasteiger partial charge in [0.15, 0.2) is 0 Å². The van der Waals surface area contributed by atoms with Crippen molar-refractivity contribution in [2.24, 2.45) is 0 Å². The van der Waals surface area contributed by atoms with Gasteiger partial charge in [-0.3, -0.25) is 19.5 Å². The molecule has 1 atom stereocenters. The number of aliphatic hydroxyl groups is 1. The zero-order chi connectivity index (χ0) is 22.7. The van der Waals surface area contributed by atoms with Crippen LogP contribution in [0.4, 0.5) is 5.69 Å². The predicted molar refractivity (Wildman–Crippen MR) is 120 cm³/mol. The molecule has 1 aromatic heterocycles. The minimum atomic E-state index is -0.855. The molecule has 1 aliphatic heterocycles. The number of amides is 1. The Balaban J connectivity index is 1.91. The molecule has 0 saturated carbocycles. The number of hydrogen-bond acceptors (Lipinski definition) is 6. The number of ether oxygens (including phenoxy) is 2. The van der Waals surface area contributed by atoms with Gasteiger partial charge in [0.25, 0.3) is 11.7 Å². The van der Waals surface area contributed by atoms with E-state index in [4.69, 9.17) is 9.47 Å². The molecule has 4 rings (SSSR count). The van der Waals surface area contributed by atoms with Gasteiger partial charge in [-0.15, -0.1) is 0 Å². The van der Waals surface area contributed by atoms with Gasteiger partial charge in [-0.1, -0.05) is 24.3 Å². The molecular formula is C25H22N2O5. The summed E-state index contributed by atoms with van der Waals surface area (Å²) in [6.07, 6.45) is 3.18. The summed E-state index contributed by atoms with van der Waals surface area (Å²) in [4.78, 5) is 31.8. The maximum Gasteiger partial charge on any atom is 0.300 e. The first-order valence-electron chi connectivity index (χ1n) is 10.1. The molecule has 0 bridgehead atoms. The second-order valence-corrected chi connectivity index (χ2v) is 7.12. The number of hydrogen-bond donors (Lipinski definition) is 1. The second-order valence-electron chi connectivity index (χ2n) is 7.12. The van der Waals surface area contributed by atoms with Gasteiger partial charge in [-0.2, -0.15) is 0 Å². The van der Waals surface area contributed by atoms with Gasteiger partial charge in [-0.25, -0.2) is 0 Å². The maximum atomic E-state index is 13.2. The Morgan fingerprint density at radius 1 is 1.06 bits per heavy atom. The summed E-state index contributed by atoms with van der Waals surface area (Å²) in [5.41, 5.74) is 1.44. The van der Waals surface area contributed by atoms with Crippen LogP contribution >= 0.6 is 0 Å². The van der Waals surface area contributed by atoms with Crippen LogP contribution in [-0.4, -0.2) is 35.5 Å². The summed E-state index contributed by atoms with van der Waals surface area (Å²) < 4.78 is 10.8. The number of carbonyl (C=O) groups is 2. The Kier molecular flexibility index (Phi) is 5.89. The highest BCUT2D eigenvalue weighted by Gasteiger charge is 2.47. The van der Waals surface area contributed by atoms with Crippen LogP contribution in [0.1, 0.15) is 24.1 Å². The third-order valence-electron chi connectivity index (χ3n) is 5.19. The third kappa shape index (κ3) is 3.80. The van der Waals surface area contributed by atoms with Crippen molar-refractivity contribution in [1.29, 1.82) is 0 Å². The summed E-state index contributed by atoms with van der Waals surface area (Å²) in [6, 6.07) is 16.3. The number of methoxy groups -OCH3 is 1. The van der Waals surface area contributed by atoms with Gasteiger partial charge in [0, 0.05) is 29.7 Å². The van der Waals surface area contributed by atoms with Crippen LogP contribution in [0, 0.1) is 0 Å². The van der Waals surface area contributed by atoms with Crippen LogP contribution in [0.5, 0.6) is 11.5 Å². The quantitative estimate of drug-likeness (QED) is 0.360. The normalized spacial score (nSPS) is 17.4. The molecule has 0 aliphatic carbocycles. The zero-order valence-electron chi connectivity index (χ0n) is 17.7. The third-order valence-corrected chi connectivity index (χ3v) is 5.19. The number of anilines is 1. The molecule has 1 saturated heterocycles. The monoisotopic (exact) mass is 430 g/mol. The van der Waals surface area contributed by atoms with Gasteiger partial charge < -0.3 is 14.6 Å². The van der Waals surface area contributed by atoms with E-state index in [1.807, 2.05) is 6.92 Å². The van der Waals surface area contributed by atoms with Crippen molar-refractivity contribution < 1.29 is 24.2 Å². The van der Waals surface area contributed by atoms with Crippen molar-refractivity contribution in [3.8, 4) is 11.5 Å². The number of ketones is 1. The van der Waals surface area contributed by atoms with E-state index in [2.05, 4.69) is 4.98 Å². The molecule has 32 heavy (non-hydrogen) atoms. The largest absolute Gasteiger partial charge is 0.507 e. The summed E-state index contributed by atoms with van der Waals surface area (Å²) in [5, 5.41) is 11.2. The number of Topliss-reactive ketones (excluding diaryl/α,β-unsaturated/α-hetero) is 1. The van der Waals surface area contributed by atoms with E-state index in [0.717, 1.165) is 0 Å². The van der Waals surface area contributed by atoms with Crippen molar-refractivity contribution in [3.63, 3.8) is 0 Å². The number of nitrogens with zero attached hydrogens (tertiary/aromatic N) is 2. The highest BCUT2D eigenvalue weighted by molar-refractivity contribution is 6.51. The summed E-state index contributed by atoms with van der Waals surface area (Å²) >= 11 is 0. The Morgan fingerprint density at radius 3 is 2.56 bits per heavy atom. The average molecular weight is 430 g/mol. The highest BCUT2D eigenvalue weighted by Crippen LogP contribution is 2.42. The molecule has 2 heterocycles. The van der Waals surface area contributed by atoms with Crippen LogP contribution in [0.2, 0.25) is 0 Å². The van der Waals surface area contributed by atoms with Gasteiger partial charge in [-0.05, 0) is 42.8 Å². The molecule has 7 heteroatoms. The van der Waals surface area contributed by atoms with Crippen LogP contribution < -0.4 is 14.4 Å². The molecule has 2 aromatic carbocycles. The first-order chi connectivity index (χ1) is 15.5. The van der Waals surface area contributed by atoms with Gasteiger partial charge >= 0.3 is 0 Å². The van der Waals surface area contributed by atoms with Crippen molar-refractivity contribution in [2.45, 2.75) is 13.0 Å². The number of aromatic nitrogens is 1. The number of rotatable bonds is 6. The van der Waals surface area contributed by atoms with Crippen molar-refractivity contribution >= 4 is 23.1 Å². The minimum absolute atomic E-state index is 0.0144. The molecule has 3 aromatic rings. The summed E-state index contributed by atoms with van der Waals surface area (Å²) in [5.74, 6) is -0.699. The first kappa shape index (κ1) is 21.1. The van der Waals surface area contributed by atoms with Crippen LogP contribution in [0.15, 0.2) is 78.6 Å². The number of aliphatic hydroxyl groups excluding tert-OH is 1. The highest BCUT2D eigenvalue weighted by atomic mass is 16.5. The van der Waals surface area contributed by atoms with Crippen molar-refractivity contribution in [2.75, 3.05) is 18.6 Å². The van der Waals surface area contributed by atoms with Gasteiger partial charge in [0.1, 0.15) is 17.3 Å². The lowest BCUT2D eigenvalue weighted by molar-refractivity contribution is -0.132. The number of pyridine rings is 1. The molecular weight excluding hydrogens is 408 g/mol. The van der Waals surface area contributed by atoms with E-state index >= 15 is 0 Å². The topological polar surface area (TPSA) is 89.0 Å². The van der Waals surface area contributed by atoms with Crippen LogP contribution in [-0.2, 0) is 9.59 Å².